The summed E-state index contributed by atoms with van der Waals surface area (Å²) in [5.41, 5.74) is 2.26. The molecule has 0 radical (unpaired) electrons. The molecular weight excluding hydrogens is 318 g/mol. The molecule has 0 saturated carbocycles. The van der Waals surface area contributed by atoms with Crippen molar-refractivity contribution in [1.29, 1.82) is 0 Å². The molecule has 0 bridgehead atoms. The highest BCUT2D eigenvalue weighted by Crippen LogP contribution is 2.29. The van der Waals surface area contributed by atoms with Gasteiger partial charge in [-0.15, -0.1) is 11.3 Å². The third-order valence-corrected chi connectivity index (χ3v) is 5.36. The number of rotatable bonds is 4. The van der Waals surface area contributed by atoms with Crippen LogP contribution in [0.15, 0.2) is 22.2 Å². The number of nitrogens with zero attached hydrogens (tertiary/aromatic N) is 2. The summed E-state index contributed by atoms with van der Waals surface area (Å²) in [6.45, 7) is 2.06. The molecule has 2 aromatic heterocycles. The number of thiazole rings is 1. The van der Waals surface area contributed by atoms with Crippen LogP contribution in [0.1, 0.15) is 30.0 Å². The van der Waals surface area contributed by atoms with Crippen LogP contribution in [0.2, 0.25) is 0 Å². The number of piperidine rings is 1. The van der Waals surface area contributed by atoms with E-state index < -0.39 is 0 Å². The second-order valence-corrected chi connectivity index (χ2v) is 6.96. The SMILES string of the molecule is COCc1csc(NC(=O)N2CCC(c3ccsc3)CC2)n1. The van der Waals surface area contributed by atoms with E-state index in [1.54, 1.807) is 18.4 Å². The third kappa shape index (κ3) is 3.66. The molecule has 0 atom stereocenters. The Morgan fingerprint density at radius 1 is 1.45 bits per heavy atom. The topological polar surface area (TPSA) is 54.5 Å². The van der Waals surface area contributed by atoms with Gasteiger partial charge in [-0.25, -0.2) is 9.78 Å². The highest BCUT2D eigenvalue weighted by Gasteiger charge is 2.24. The van der Waals surface area contributed by atoms with E-state index in [-0.39, 0.29) is 6.03 Å². The number of hydrogen-bond donors (Lipinski definition) is 1. The smallest absolute Gasteiger partial charge is 0.323 e. The molecule has 3 heterocycles. The average Bonchev–Trinajstić information content (AvgIpc) is 3.20. The van der Waals surface area contributed by atoms with Gasteiger partial charge in [0.05, 0.1) is 12.3 Å². The second-order valence-electron chi connectivity index (χ2n) is 5.33. The fourth-order valence-electron chi connectivity index (χ4n) is 2.67. The van der Waals surface area contributed by atoms with Gasteiger partial charge in [-0.05, 0) is 41.1 Å². The fraction of sp³-hybridized carbons (Fsp3) is 0.467. The largest absolute Gasteiger partial charge is 0.378 e. The number of urea groups is 1. The quantitative estimate of drug-likeness (QED) is 0.924. The maximum atomic E-state index is 12.3. The van der Waals surface area contributed by atoms with E-state index in [4.69, 9.17) is 4.74 Å². The van der Waals surface area contributed by atoms with Crippen molar-refractivity contribution in [2.24, 2.45) is 0 Å². The number of carbonyl (C=O) groups is 1. The highest BCUT2D eigenvalue weighted by atomic mass is 32.1. The normalized spacial score (nSPS) is 16.0. The number of amides is 2. The van der Waals surface area contributed by atoms with Crippen molar-refractivity contribution in [3.8, 4) is 0 Å². The Hall–Kier alpha value is -1.44. The number of nitrogens with one attached hydrogen (secondary N) is 1. The molecule has 1 fully saturated rings. The van der Waals surface area contributed by atoms with E-state index in [2.05, 4.69) is 27.1 Å². The molecule has 0 aliphatic carbocycles. The zero-order valence-electron chi connectivity index (χ0n) is 12.4. The van der Waals surface area contributed by atoms with E-state index in [9.17, 15) is 4.79 Å². The van der Waals surface area contributed by atoms with Crippen molar-refractivity contribution in [1.82, 2.24) is 9.88 Å². The fourth-order valence-corrected chi connectivity index (χ4v) is 4.10. The van der Waals surface area contributed by atoms with Crippen molar-refractivity contribution < 1.29 is 9.53 Å². The molecule has 1 aliphatic rings. The standard InChI is InChI=1S/C15H19N3O2S2/c1-20-8-13-10-22-14(16-13)17-15(19)18-5-2-11(3-6-18)12-4-7-21-9-12/h4,7,9-11H,2-3,5-6,8H2,1H3,(H,16,17,19). The highest BCUT2D eigenvalue weighted by molar-refractivity contribution is 7.13. The van der Waals surface area contributed by atoms with Gasteiger partial charge in [0, 0.05) is 25.6 Å². The molecule has 22 heavy (non-hydrogen) atoms. The number of ether oxygens (including phenoxy) is 1. The molecular formula is C15H19N3O2S2. The summed E-state index contributed by atoms with van der Waals surface area (Å²) in [5.74, 6) is 0.587. The van der Waals surface area contributed by atoms with Gasteiger partial charge in [0.2, 0.25) is 0 Å². The van der Waals surface area contributed by atoms with Gasteiger partial charge in [0.25, 0.3) is 0 Å². The average molecular weight is 337 g/mol. The Bertz CT molecular complexity index is 604. The minimum atomic E-state index is -0.0536. The monoisotopic (exact) mass is 337 g/mol. The van der Waals surface area contributed by atoms with Crippen LogP contribution in [0.3, 0.4) is 0 Å². The van der Waals surface area contributed by atoms with Crippen LogP contribution in [-0.4, -0.2) is 36.1 Å². The van der Waals surface area contributed by atoms with Gasteiger partial charge in [-0.2, -0.15) is 11.3 Å². The first kappa shape index (κ1) is 15.5. The number of carbonyl (C=O) groups excluding carboxylic acids is 1. The van der Waals surface area contributed by atoms with Crippen molar-refractivity contribution >= 4 is 33.8 Å². The van der Waals surface area contributed by atoms with Crippen LogP contribution >= 0.6 is 22.7 Å². The van der Waals surface area contributed by atoms with Gasteiger partial charge in [0.1, 0.15) is 0 Å². The molecule has 2 aromatic rings. The summed E-state index contributed by atoms with van der Waals surface area (Å²) in [6.07, 6.45) is 2.05. The Morgan fingerprint density at radius 2 is 2.27 bits per heavy atom. The first-order valence-electron chi connectivity index (χ1n) is 7.27. The lowest BCUT2D eigenvalue weighted by Gasteiger charge is -2.31. The summed E-state index contributed by atoms with van der Waals surface area (Å²) < 4.78 is 5.03. The first-order valence-corrected chi connectivity index (χ1v) is 9.10. The summed E-state index contributed by atoms with van der Waals surface area (Å²) in [7, 11) is 1.63. The molecule has 0 unspecified atom stereocenters. The van der Waals surface area contributed by atoms with Crippen molar-refractivity contribution in [2.45, 2.75) is 25.4 Å². The van der Waals surface area contributed by atoms with Crippen LogP contribution in [0.4, 0.5) is 9.93 Å². The Balaban J connectivity index is 1.51. The Kier molecular flexibility index (Phi) is 5.07. The van der Waals surface area contributed by atoms with E-state index >= 15 is 0 Å². The number of anilines is 1. The molecule has 1 aliphatic heterocycles. The molecule has 0 aromatic carbocycles. The Labute approximate surface area is 137 Å². The predicted octanol–water partition coefficient (Wildman–Crippen LogP) is 3.76. The summed E-state index contributed by atoms with van der Waals surface area (Å²) >= 11 is 3.17. The second kappa shape index (κ2) is 7.21. The van der Waals surface area contributed by atoms with Crippen LogP contribution < -0.4 is 5.32 Å². The number of hydrogen-bond acceptors (Lipinski definition) is 5. The van der Waals surface area contributed by atoms with Crippen LogP contribution in [0, 0.1) is 0 Å². The molecule has 118 valence electrons. The minimum Gasteiger partial charge on any atom is -0.378 e. The molecule has 2 amide bonds. The van der Waals surface area contributed by atoms with Gasteiger partial charge < -0.3 is 9.64 Å². The third-order valence-electron chi connectivity index (χ3n) is 3.85. The van der Waals surface area contributed by atoms with E-state index in [1.165, 1.54) is 16.9 Å². The lowest BCUT2D eigenvalue weighted by atomic mass is 9.91. The first-order chi connectivity index (χ1) is 10.8. The molecule has 7 heteroatoms. The Morgan fingerprint density at radius 3 is 2.95 bits per heavy atom. The zero-order chi connectivity index (χ0) is 15.4. The van der Waals surface area contributed by atoms with E-state index in [0.29, 0.717) is 17.7 Å². The zero-order valence-corrected chi connectivity index (χ0v) is 14.1. The van der Waals surface area contributed by atoms with Crippen LogP contribution in [0.5, 0.6) is 0 Å². The van der Waals surface area contributed by atoms with Crippen molar-refractivity contribution in [3.05, 3.63) is 33.5 Å². The molecule has 1 saturated heterocycles. The number of aromatic nitrogens is 1. The summed E-state index contributed by atoms with van der Waals surface area (Å²) in [6, 6.07) is 2.14. The maximum Gasteiger partial charge on any atom is 0.323 e. The van der Waals surface area contributed by atoms with Gasteiger partial charge in [0.15, 0.2) is 5.13 Å². The van der Waals surface area contributed by atoms with E-state index in [0.717, 1.165) is 31.6 Å². The molecule has 0 spiro atoms. The predicted molar refractivity (Wildman–Crippen MR) is 89.7 cm³/mol. The maximum absolute atomic E-state index is 12.3. The van der Waals surface area contributed by atoms with Gasteiger partial charge in [-0.3, -0.25) is 5.32 Å². The molecule has 5 nitrogen and oxygen atoms in total. The van der Waals surface area contributed by atoms with Crippen molar-refractivity contribution in [3.63, 3.8) is 0 Å². The van der Waals surface area contributed by atoms with Gasteiger partial charge >= 0.3 is 6.03 Å². The lowest BCUT2D eigenvalue weighted by Crippen LogP contribution is -2.40. The number of thiophene rings is 1. The van der Waals surface area contributed by atoms with Crippen LogP contribution in [-0.2, 0) is 11.3 Å². The van der Waals surface area contributed by atoms with Gasteiger partial charge in [-0.1, -0.05) is 0 Å². The molecule has 3 rings (SSSR count). The summed E-state index contributed by atoms with van der Waals surface area (Å²) in [4.78, 5) is 18.5. The summed E-state index contributed by atoms with van der Waals surface area (Å²) in [5, 5.41) is 9.76. The van der Waals surface area contributed by atoms with Crippen molar-refractivity contribution in [2.75, 3.05) is 25.5 Å². The minimum absolute atomic E-state index is 0.0536. The number of likely N-dealkylation sites (tertiary alicyclic amines) is 1. The number of methoxy groups -OCH3 is 1. The lowest BCUT2D eigenvalue weighted by molar-refractivity contribution is 0.182. The van der Waals surface area contributed by atoms with E-state index in [1.807, 2.05) is 10.3 Å². The molecule has 1 N–H and O–H groups in total. The van der Waals surface area contributed by atoms with Crippen LogP contribution in [0.25, 0.3) is 0 Å².